The van der Waals surface area contributed by atoms with E-state index < -0.39 is 0 Å². The summed E-state index contributed by atoms with van der Waals surface area (Å²) in [6.45, 7) is 12.7. The molecule has 1 saturated heterocycles. The molecule has 0 aliphatic carbocycles. The van der Waals surface area contributed by atoms with Gasteiger partial charge in [0.1, 0.15) is 6.61 Å². The van der Waals surface area contributed by atoms with Gasteiger partial charge < -0.3 is 15.4 Å². The Bertz CT molecular complexity index is 282. The van der Waals surface area contributed by atoms with E-state index in [0.717, 1.165) is 12.8 Å². The smallest absolute Gasteiger partial charge is 0.246 e. The van der Waals surface area contributed by atoms with Gasteiger partial charge in [-0.15, -0.1) is 0 Å². The van der Waals surface area contributed by atoms with Gasteiger partial charge in [0, 0.05) is 17.1 Å². The van der Waals surface area contributed by atoms with Crippen LogP contribution in [0.1, 0.15) is 54.4 Å². The summed E-state index contributed by atoms with van der Waals surface area (Å²) in [6.07, 6.45) is 1.99. The summed E-state index contributed by atoms with van der Waals surface area (Å²) >= 11 is 0. The number of hydrogen-bond donors (Lipinski definition) is 2. The predicted molar refractivity (Wildman–Crippen MR) is 73.5 cm³/mol. The maximum absolute atomic E-state index is 11.8. The van der Waals surface area contributed by atoms with Crippen LogP contribution in [0.2, 0.25) is 0 Å². The molecular weight excluding hydrogens is 228 g/mol. The van der Waals surface area contributed by atoms with Gasteiger partial charge in [-0.05, 0) is 54.4 Å². The van der Waals surface area contributed by atoms with Crippen molar-refractivity contribution in [3.05, 3.63) is 0 Å². The molecule has 0 saturated carbocycles. The molecule has 0 aromatic heterocycles. The van der Waals surface area contributed by atoms with Crippen LogP contribution < -0.4 is 10.6 Å². The zero-order valence-electron chi connectivity index (χ0n) is 12.6. The summed E-state index contributed by atoms with van der Waals surface area (Å²) in [5.74, 6) is -0.0119. The van der Waals surface area contributed by atoms with Gasteiger partial charge in [-0.25, -0.2) is 0 Å². The molecule has 0 aromatic rings. The predicted octanol–water partition coefficient (Wildman–Crippen LogP) is 1.84. The zero-order chi connectivity index (χ0) is 14.0. The number of carbonyl (C=O) groups is 1. The standard InChI is InChI=1S/C14H28N2O2/c1-10(2)18-9-12(17)15-11-7-13(3,4)16-14(5,6)8-11/h10-11,16H,7-9H2,1-6H3,(H,15,17). The summed E-state index contributed by atoms with van der Waals surface area (Å²) in [4.78, 5) is 11.8. The van der Waals surface area contributed by atoms with E-state index in [-0.39, 0.29) is 35.7 Å². The second-order valence-electron chi connectivity index (χ2n) is 6.93. The van der Waals surface area contributed by atoms with Gasteiger partial charge in [0.2, 0.25) is 5.91 Å². The first kappa shape index (κ1) is 15.4. The number of rotatable bonds is 4. The Morgan fingerprint density at radius 1 is 1.28 bits per heavy atom. The molecule has 0 spiro atoms. The van der Waals surface area contributed by atoms with Gasteiger partial charge in [-0.2, -0.15) is 0 Å². The van der Waals surface area contributed by atoms with Gasteiger partial charge >= 0.3 is 0 Å². The van der Waals surface area contributed by atoms with Crippen LogP contribution in [0.3, 0.4) is 0 Å². The Morgan fingerprint density at radius 3 is 2.22 bits per heavy atom. The molecule has 0 aromatic carbocycles. The van der Waals surface area contributed by atoms with Crippen molar-refractivity contribution in [3.8, 4) is 0 Å². The van der Waals surface area contributed by atoms with Crippen LogP contribution >= 0.6 is 0 Å². The first-order valence-corrected chi connectivity index (χ1v) is 6.80. The van der Waals surface area contributed by atoms with Crippen LogP contribution in [-0.2, 0) is 9.53 Å². The summed E-state index contributed by atoms with van der Waals surface area (Å²) in [5, 5.41) is 6.68. The second-order valence-corrected chi connectivity index (χ2v) is 6.93. The van der Waals surface area contributed by atoms with E-state index in [2.05, 4.69) is 38.3 Å². The average molecular weight is 256 g/mol. The molecule has 4 nitrogen and oxygen atoms in total. The van der Waals surface area contributed by atoms with Crippen molar-refractivity contribution < 1.29 is 9.53 Å². The summed E-state index contributed by atoms with van der Waals surface area (Å²) in [6, 6.07) is 0.222. The minimum atomic E-state index is -0.0119. The average Bonchev–Trinajstić information content (AvgIpc) is 2.09. The molecule has 1 fully saturated rings. The fourth-order valence-corrected chi connectivity index (χ4v) is 2.94. The Labute approximate surface area is 111 Å². The molecule has 1 aliphatic rings. The lowest BCUT2D eigenvalue weighted by atomic mass is 9.79. The van der Waals surface area contributed by atoms with Crippen molar-refractivity contribution in [2.45, 2.75) is 77.6 Å². The molecule has 4 heteroatoms. The monoisotopic (exact) mass is 256 g/mol. The minimum absolute atomic E-state index is 0.0119. The van der Waals surface area contributed by atoms with Gasteiger partial charge in [0.15, 0.2) is 0 Å². The van der Waals surface area contributed by atoms with E-state index in [1.807, 2.05) is 13.8 Å². The number of hydrogen-bond acceptors (Lipinski definition) is 3. The molecule has 0 radical (unpaired) electrons. The van der Waals surface area contributed by atoms with Crippen LogP contribution in [0.25, 0.3) is 0 Å². The molecule has 1 amide bonds. The highest BCUT2D eigenvalue weighted by molar-refractivity contribution is 5.77. The molecule has 0 unspecified atom stereocenters. The number of ether oxygens (including phenoxy) is 1. The summed E-state index contributed by atoms with van der Waals surface area (Å²) in [7, 11) is 0. The number of piperidine rings is 1. The fraction of sp³-hybridized carbons (Fsp3) is 0.929. The summed E-state index contributed by atoms with van der Waals surface area (Å²) < 4.78 is 5.32. The number of amides is 1. The van der Waals surface area contributed by atoms with Crippen LogP contribution in [0, 0.1) is 0 Å². The maximum atomic E-state index is 11.8. The first-order chi connectivity index (χ1) is 8.10. The van der Waals surface area contributed by atoms with Crippen molar-refractivity contribution in [2.75, 3.05) is 6.61 Å². The van der Waals surface area contributed by atoms with E-state index in [0.29, 0.717) is 0 Å². The van der Waals surface area contributed by atoms with Crippen molar-refractivity contribution >= 4 is 5.91 Å². The van der Waals surface area contributed by atoms with Crippen LogP contribution in [0.5, 0.6) is 0 Å². The SMILES string of the molecule is CC(C)OCC(=O)NC1CC(C)(C)NC(C)(C)C1. The quantitative estimate of drug-likeness (QED) is 0.807. The lowest BCUT2D eigenvalue weighted by Gasteiger charge is -2.46. The molecule has 18 heavy (non-hydrogen) atoms. The highest BCUT2D eigenvalue weighted by atomic mass is 16.5. The van der Waals surface area contributed by atoms with Crippen molar-refractivity contribution in [3.63, 3.8) is 0 Å². The molecule has 2 N–H and O–H groups in total. The van der Waals surface area contributed by atoms with Crippen molar-refractivity contribution in [1.82, 2.24) is 10.6 Å². The van der Waals surface area contributed by atoms with Gasteiger partial charge in [-0.3, -0.25) is 4.79 Å². The molecule has 0 atom stereocenters. The third-order valence-corrected chi connectivity index (χ3v) is 3.10. The third kappa shape index (κ3) is 5.36. The lowest BCUT2D eigenvalue weighted by Crippen LogP contribution is -2.62. The minimum Gasteiger partial charge on any atom is -0.369 e. The maximum Gasteiger partial charge on any atom is 0.246 e. The number of nitrogens with one attached hydrogen (secondary N) is 2. The van der Waals surface area contributed by atoms with Crippen LogP contribution in [0.15, 0.2) is 0 Å². The van der Waals surface area contributed by atoms with Gasteiger partial charge in [0.25, 0.3) is 0 Å². The normalized spacial score (nSPS) is 23.1. The van der Waals surface area contributed by atoms with Gasteiger partial charge in [-0.1, -0.05) is 0 Å². The Balaban J connectivity index is 2.49. The lowest BCUT2D eigenvalue weighted by molar-refractivity contribution is -0.128. The Kier molecular flexibility index (Phi) is 4.78. The van der Waals surface area contributed by atoms with Crippen molar-refractivity contribution in [2.24, 2.45) is 0 Å². The van der Waals surface area contributed by atoms with E-state index in [1.165, 1.54) is 0 Å². The third-order valence-electron chi connectivity index (χ3n) is 3.10. The molecule has 1 heterocycles. The highest BCUT2D eigenvalue weighted by Gasteiger charge is 2.38. The van der Waals surface area contributed by atoms with E-state index in [4.69, 9.17) is 4.74 Å². The summed E-state index contributed by atoms with van der Waals surface area (Å²) in [5.41, 5.74) is 0.108. The largest absolute Gasteiger partial charge is 0.369 e. The molecule has 106 valence electrons. The molecule has 1 rings (SSSR count). The van der Waals surface area contributed by atoms with E-state index in [9.17, 15) is 4.79 Å². The van der Waals surface area contributed by atoms with E-state index >= 15 is 0 Å². The van der Waals surface area contributed by atoms with Crippen molar-refractivity contribution in [1.29, 1.82) is 0 Å². The Hall–Kier alpha value is -0.610. The fourth-order valence-electron chi connectivity index (χ4n) is 2.94. The Morgan fingerprint density at radius 2 is 1.78 bits per heavy atom. The van der Waals surface area contributed by atoms with Crippen LogP contribution in [-0.4, -0.2) is 35.7 Å². The molecule has 1 aliphatic heterocycles. The van der Waals surface area contributed by atoms with E-state index in [1.54, 1.807) is 0 Å². The second kappa shape index (κ2) is 5.57. The topological polar surface area (TPSA) is 50.4 Å². The molecule has 0 bridgehead atoms. The highest BCUT2D eigenvalue weighted by Crippen LogP contribution is 2.28. The molecular formula is C14H28N2O2. The van der Waals surface area contributed by atoms with Crippen LogP contribution in [0.4, 0.5) is 0 Å². The number of carbonyl (C=O) groups excluding carboxylic acids is 1. The first-order valence-electron chi connectivity index (χ1n) is 6.80. The van der Waals surface area contributed by atoms with Gasteiger partial charge in [0.05, 0.1) is 6.10 Å². The zero-order valence-corrected chi connectivity index (χ0v) is 12.6.